The highest BCUT2D eigenvalue weighted by molar-refractivity contribution is 9.10. The molecule has 0 spiro atoms. The molecule has 1 amide bonds. The minimum absolute atomic E-state index is 0.170. The van der Waals surface area contributed by atoms with E-state index in [1.807, 2.05) is 55.5 Å². The number of hydrogen-bond acceptors (Lipinski definition) is 5. The molecule has 0 unspecified atom stereocenters. The first-order valence-electron chi connectivity index (χ1n) is 8.45. The number of amides is 1. The number of nitrogens with zero attached hydrogens (tertiary/aromatic N) is 1. The quantitative estimate of drug-likeness (QED) is 0.624. The van der Waals surface area contributed by atoms with Gasteiger partial charge in [-0.1, -0.05) is 25.1 Å². The summed E-state index contributed by atoms with van der Waals surface area (Å²) in [5.41, 5.74) is 1.63. The molecule has 140 valence electrons. The van der Waals surface area contributed by atoms with Crippen molar-refractivity contribution in [3.63, 3.8) is 0 Å². The number of amidine groups is 1. The summed E-state index contributed by atoms with van der Waals surface area (Å²) < 4.78 is 12.0. The average molecular weight is 447 g/mol. The van der Waals surface area contributed by atoms with Crippen molar-refractivity contribution in [2.45, 2.75) is 13.3 Å². The minimum atomic E-state index is -0.170. The molecule has 0 atom stereocenters. The average Bonchev–Trinajstić information content (AvgIpc) is 3.00. The molecular weight excluding hydrogens is 428 g/mol. The van der Waals surface area contributed by atoms with E-state index in [0.717, 1.165) is 22.1 Å². The van der Waals surface area contributed by atoms with E-state index in [4.69, 9.17) is 9.47 Å². The molecule has 2 aromatic rings. The number of para-hydroxylation sites is 1. The number of methoxy groups -OCH3 is 1. The van der Waals surface area contributed by atoms with Crippen LogP contribution < -0.4 is 14.8 Å². The Hall–Kier alpha value is -2.25. The molecule has 27 heavy (non-hydrogen) atoms. The van der Waals surface area contributed by atoms with E-state index >= 15 is 0 Å². The lowest BCUT2D eigenvalue weighted by Crippen LogP contribution is -2.19. The van der Waals surface area contributed by atoms with E-state index in [2.05, 4.69) is 26.2 Å². The summed E-state index contributed by atoms with van der Waals surface area (Å²) in [6.45, 7) is 2.65. The van der Waals surface area contributed by atoms with Gasteiger partial charge in [-0.2, -0.15) is 0 Å². The van der Waals surface area contributed by atoms with E-state index in [0.29, 0.717) is 28.2 Å². The summed E-state index contributed by atoms with van der Waals surface area (Å²) in [6.07, 6.45) is 2.71. The smallest absolute Gasteiger partial charge is 0.264 e. The number of carbonyl (C=O) groups is 1. The predicted octanol–water partition coefficient (Wildman–Crippen LogP) is 5.14. The van der Waals surface area contributed by atoms with Crippen molar-refractivity contribution in [2.75, 3.05) is 13.7 Å². The summed E-state index contributed by atoms with van der Waals surface area (Å²) in [4.78, 5) is 17.3. The van der Waals surface area contributed by atoms with E-state index in [1.54, 1.807) is 7.11 Å². The number of hydrogen-bond donors (Lipinski definition) is 1. The van der Waals surface area contributed by atoms with Gasteiger partial charge < -0.3 is 14.8 Å². The fourth-order valence-corrected chi connectivity index (χ4v) is 3.84. The Balaban J connectivity index is 1.85. The number of rotatable bonds is 6. The summed E-state index contributed by atoms with van der Waals surface area (Å²) in [6, 6.07) is 13.3. The highest BCUT2D eigenvalue weighted by atomic mass is 79.9. The Bertz CT molecular complexity index is 898. The lowest BCUT2D eigenvalue weighted by Gasteiger charge is -2.13. The molecule has 1 aliphatic heterocycles. The maximum absolute atomic E-state index is 12.3. The van der Waals surface area contributed by atoms with Gasteiger partial charge in [0.2, 0.25) is 0 Å². The zero-order chi connectivity index (χ0) is 19.2. The van der Waals surface area contributed by atoms with Gasteiger partial charge in [-0.15, -0.1) is 0 Å². The van der Waals surface area contributed by atoms with Gasteiger partial charge in [-0.3, -0.25) is 4.79 Å². The number of aliphatic imine (C=N–C) groups is 1. The molecule has 1 N–H and O–H groups in total. The molecule has 3 rings (SSSR count). The van der Waals surface area contributed by atoms with Crippen molar-refractivity contribution in [1.29, 1.82) is 0 Å². The number of carbonyl (C=O) groups excluding carboxylic acids is 1. The van der Waals surface area contributed by atoms with Crippen molar-refractivity contribution >= 4 is 50.5 Å². The maximum atomic E-state index is 12.3. The first-order chi connectivity index (χ1) is 13.1. The van der Waals surface area contributed by atoms with E-state index < -0.39 is 0 Å². The largest absolute Gasteiger partial charge is 0.493 e. The number of nitrogens with one attached hydrogen (secondary N) is 1. The second-order valence-corrected chi connectivity index (χ2v) is 7.58. The second-order valence-electron chi connectivity index (χ2n) is 5.70. The summed E-state index contributed by atoms with van der Waals surface area (Å²) >= 11 is 4.83. The van der Waals surface area contributed by atoms with Crippen LogP contribution in [0.3, 0.4) is 0 Å². The normalized spacial score (nSPS) is 16.6. The first-order valence-corrected chi connectivity index (χ1v) is 10.1. The molecule has 2 aromatic carbocycles. The number of thioether (sulfide) groups is 1. The second kappa shape index (κ2) is 9.10. The van der Waals surface area contributed by atoms with Crippen molar-refractivity contribution in [3.05, 3.63) is 57.4 Å². The third-order valence-corrected chi connectivity index (χ3v) is 5.14. The molecule has 5 nitrogen and oxygen atoms in total. The van der Waals surface area contributed by atoms with Crippen LogP contribution in [0.2, 0.25) is 0 Å². The van der Waals surface area contributed by atoms with Crippen LogP contribution in [0.1, 0.15) is 18.9 Å². The van der Waals surface area contributed by atoms with Crippen LogP contribution in [-0.2, 0) is 4.79 Å². The Morgan fingerprint density at radius 1 is 1.26 bits per heavy atom. The van der Waals surface area contributed by atoms with Crippen LogP contribution in [0, 0.1) is 0 Å². The first kappa shape index (κ1) is 19.5. The number of ether oxygens (including phenoxy) is 2. The fraction of sp³-hybridized carbons (Fsp3) is 0.200. The Morgan fingerprint density at radius 3 is 2.74 bits per heavy atom. The Morgan fingerprint density at radius 2 is 2.04 bits per heavy atom. The van der Waals surface area contributed by atoms with Crippen LogP contribution in [-0.4, -0.2) is 24.8 Å². The summed E-state index contributed by atoms with van der Waals surface area (Å²) in [5, 5.41) is 3.35. The SMILES string of the molecule is CCCOc1c(Br)cc(/C=C2\SC(=Nc3ccccc3)NC2=O)cc1OC. The van der Waals surface area contributed by atoms with Crippen LogP contribution in [0.5, 0.6) is 11.5 Å². The predicted molar refractivity (Wildman–Crippen MR) is 114 cm³/mol. The van der Waals surface area contributed by atoms with Gasteiger partial charge in [0.25, 0.3) is 5.91 Å². The minimum Gasteiger partial charge on any atom is -0.493 e. The van der Waals surface area contributed by atoms with Gasteiger partial charge in [0.15, 0.2) is 16.7 Å². The van der Waals surface area contributed by atoms with Crippen molar-refractivity contribution in [1.82, 2.24) is 5.32 Å². The third-order valence-electron chi connectivity index (χ3n) is 3.64. The van der Waals surface area contributed by atoms with Crippen LogP contribution >= 0.6 is 27.7 Å². The van der Waals surface area contributed by atoms with Crippen LogP contribution in [0.15, 0.2) is 56.8 Å². The van der Waals surface area contributed by atoms with Gasteiger partial charge in [-0.25, -0.2) is 4.99 Å². The summed E-state index contributed by atoms with van der Waals surface area (Å²) in [5.74, 6) is 1.11. The molecule has 1 aliphatic rings. The monoisotopic (exact) mass is 446 g/mol. The Kier molecular flexibility index (Phi) is 6.58. The van der Waals surface area contributed by atoms with E-state index in [-0.39, 0.29) is 5.91 Å². The van der Waals surface area contributed by atoms with E-state index in [9.17, 15) is 4.79 Å². The molecule has 7 heteroatoms. The molecule has 1 fully saturated rings. The zero-order valence-electron chi connectivity index (χ0n) is 15.0. The van der Waals surface area contributed by atoms with Crippen molar-refractivity contribution in [3.8, 4) is 11.5 Å². The molecule has 0 saturated carbocycles. The molecule has 0 aromatic heterocycles. The van der Waals surface area contributed by atoms with Crippen LogP contribution in [0.4, 0.5) is 5.69 Å². The maximum Gasteiger partial charge on any atom is 0.264 e. The van der Waals surface area contributed by atoms with Gasteiger partial charge in [-0.05, 0) is 70.0 Å². The molecular formula is C20H19BrN2O3S. The van der Waals surface area contributed by atoms with Gasteiger partial charge in [0, 0.05) is 0 Å². The van der Waals surface area contributed by atoms with Crippen LogP contribution in [0.25, 0.3) is 6.08 Å². The fourth-order valence-electron chi connectivity index (χ4n) is 2.42. The van der Waals surface area contributed by atoms with Gasteiger partial charge in [0.1, 0.15) is 0 Å². The zero-order valence-corrected chi connectivity index (χ0v) is 17.4. The highest BCUT2D eigenvalue weighted by Crippen LogP contribution is 2.38. The van der Waals surface area contributed by atoms with Crippen molar-refractivity contribution in [2.24, 2.45) is 4.99 Å². The number of halogens is 1. The van der Waals surface area contributed by atoms with Crippen molar-refractivity contribution < 1.29 is 14.3 Å². The molecule has 0 bridgehead atoms. The molecule has 0 radical (unpaired) electrons. The lowest BCUT2D eigenvalue weighted by molar-refractivity contribution is -0.115. The summed E-state index contributed by atoms with van der Waals surface area (Å²) in [7, 11) is 1.60. The van der Waals surface area contributed by atoms with Gasteiger partial charge >= 0.3 is 0 Å². The highest BCUT2D eigenvalue weighted by Gasteiger charge is 2.24. The molecule has 1 saturated heterocycles. The topological polar surface area (TPSA) is 59.9 Å². The third kappa shape index (κ3) is 4.93. The van der Waals surface area contributed by atoms with E-state index in [1.165, 1.54) is 11.8 Å². The standard InChI is InChI=1S/C20H19BrN2O3S/c1-3-9-26-18-15(21)10-13(11-16(18)25-2)12-17-19(24)23-20(27-17)22-14-7-5-4-6-8-14/h4-8,10-12H,3,9H2,1-2H3,(H,22,23,24)/b17-12-. The molecule has 1 heterocycles. The van der Waals surface area contributed by atoms with Gasteiger partial charge in [0.05, 0.1) is 28.8 Å². The number of benzene rings is 2. The lowest BCUT2D eigenvalue weighted by atomic mass is 10.2. The Labute approximate surface area is 171 Å². The molecule has 0 aliphatic carbocycles.